The lowest BCUT2D eigenvalue weighted by Gasteiger charge is -2.04. The number of benzene rings is 1. The van der Waals surface area contributed by atoms with Crippen molar-refractivity contribution in [1.29, 1.82) is 0 Å². The lowest BCUT2D eigenvalue weighted by Crippen LogP contribution is -2.15. The fourth-order valence-corrected chi connectivity index (χ4v) is 1.61. The van der Waals surface area contributed by atoms with Crippen LogP contribution in [-0.2, 0) is 11.2 Å². The van der Waals surface area contributed by atoms with Crippen LogP contribution in [-0.4, -0.2) is 10.9 Å². The van der Waals surface area contributed by atoms with Gasteiger partial charge in [-0.1, -0.05) is 23.7 Å². The van der Waals surface area contributed by atoms with Crippen LogP contribution in [0.15, 0.2) is 47.4 Å². The summed E-state index contributed by atoms with van der Waals surface area (Å²) >= 11 is 5.76. The molecule has 1 heterocycles. The van der Waals surface area contributed by atoms with E-state index in [-0.39, 0.29) is 17.9 Å². The number of aromatic amines is 1. The lowest BCUT2D eigenvalue weighted by atomic mass is 10.1. The molecule has 0 radical (unpaired) electrons. The smallest absolute Gasteiger partial charge is 0.248 e. The topological polar surface area (TPSA) is 62.0 Å². The highest BCUT2D eigenvalue weighted by Crippen LogP contribution is 2.10. The number of aromatic nitrogens is 1. The Hall–Kier alpha value is -2.07. The van der Waals surface area contributed by atoms with Gasteiger partial charge < -0.3 is 10.3 Å². The molecule has 0 unspecified atom stereocenters. The van der Waals surface area contributed by atoms with Crippen molar-refractivity contribution in [2.24, 2.45) is 0 Å². The number of hydrogen-bond donors (Lipinski definition) is 2. The Balaban J connectivity index is 1.98. The Labute approximate surface area is 109 Å². The number of pyridine rings is 1. The molecule has 18 heavy (non-hydrogen) atoms. The Morgan fingerprint density at radius 1 is 1.17 bits per heavy atom. The van der Waals surface area contributed by atoms with Crippen molar-refractivity contribution >= 4 is 23.2 Å². The second-order valence-corrected chi connectivity index (χ2v) is 4.23. The van der Waals surface area contributed by atoms with Crippen molar-refractivity contribution in [3.63, 3.8) is 0 Å². The Kier molecular flexibility index (Phi) is 3.79. The quantitative estimate of drug-likeness (QED) is 0.891. The highest BCUT2D eigenvalue weighted by atomic mass is 35.5. The minimum atomic E-state index is -0.203. The van der Waals surface area contributed by atoms with Crippen LogP contribution in [0.3, 0.4) is 0 Å². The van der Waals surface area contributed by atoms with Gasteiger partial charge in [0, 0.05) is 17.3 Å². The average molecular weight is 263 g/mol. The molecule has 1 aromatic carbocycles. The second-order valence-electron chi connectivity index (χ2n) is 3.79. The minimum Gasteiger partial charge on any atom is -0.327 e. The molecular formula is C13H11ClN2O2. The van der Waals surface area contributed by atoms with Gasteiger partial charge in [-0.05, 0) is 23.8 Å². The molecule has 1 amide bonds. The van der Waals surface area contributed by atoms with Crippen LogP contribution < -0.4 is 10.9 Å². The van der Waals surface area contributed by atoms with Gasteiger partial charge in [-0.15, -0.1) is 0 Å². The number of carbonyl (C=O) groups is 1. The highest BCUT2D eigenvalue weighted by Gasteiger charge is 2.04. The summed E-state index contributed by atoms with van der Waals surface area (Å²) in [6.07, 6.45) is 1.72. The highest BCUT2D eigenvalue weighted by molar-refractivity contribution is 6.30. The number of H-pyrrole nitrogens is 1. The van der Waals surface area contributed by atoms with Gasteiger partial charge in [0.05, 0.1) is 12.1 Å². The maximum atomic E-state index is 11.7. The molecule has 2 rings (SSSR count). The number of amides is 1. The minimum absolute atomic E-state index is 0.149. The van der Waals surface area contributed by atoms with E-state index in [9.17, 15) is 9.59 Å². The molecule has 0 fully saturated rings. The van der Waals surface area contributed by atoms with Gasteiger partial charge in [-0.25, -0.2) is 0 Å². The molecule has 5 heteroatoms. The first kappa shape index (κ1) is 12.4. The summed E-state index contributed by atoms with van der Waals surface area (Å²) in [5, 5.41) is 3.33. The zero-order valence-corrected chi connectivity index (χ0v) is 10.2. The normalized spacial score (nSPS) is 10.1. The fraction of sp³-hybridized carbons (Fsp3) is 0.0769. The molecule has 0 aliphatic heterocycles. The van der Waals surface area contributed by atoms with E-state index in [1.54, 1.807) is 30.3 Å². The molecule has 2 aromatic rings. The molecule has 0 saturated carbocycles. The van der Waals surface area contributed by atoms with E-state index in [1.807, 2.05) is 0 Å². The van der Waals surface area contributed by atoms with Gasteiger partial charge in [0.1, 0.15) is 0 Å². The van der Waals surface area contributed by atoms with Gasteiger partial charge in [0.25, 0.3) is 0 Å². The van der Waals surface area contributed by atoms with Crippen molar-refractivity contribution < 1.29 is 4.79 Å². The predicted molar refractivity (Wildman–Crippen MR) is 70.8 cm³/mol. The summed E-state index contributed by atoms with van der Waals surface area (Å²) in [7, 11) is 0. The van der Waals surface area contributed by atoms with Crippen molar-refractivity contribution in [1.82, 2.24) is 4.98 Å². The molecule has 92 valence electrons. The average Bonchev–Trinajstić information content (AvgIpc) is 2.35. The van der Waals surface area contributed by atoms with E-state index in [2.05, 4.69) is 10.3 Å². The van der Waals surface area contributed by atoms with E-state index in [0.29, 0.717) is 10.7 Å². The van der Waals surface area contributed by atoms with E-state index >= 15 is 0 Å². The third-order valence-corrected chi connectivity index (χ3v) is 2.60. The predicted octanol–water partition coefficient (Wildman–Crippen LogP) is 2.21. The van der Waals surface area contributed by atoms with Crippen LogP contribution in [0.2, 0.25) is 5.02 Å². The fourth-order valence-electron chi connectivity index (χ4n) is 1.48. The summed E-state index contributed by atoms with van der Waals surface area (Å²) in [4.78, 5) is 25.1. The van der Waals surface area contributed by atoms with E-state index in [1.165, 1.54) is 12.3 Å². The monoisotopic (exact) mass is 262 g/mol. The Morgan fingerprint density at radius 2 is 1.89 bits per heavy atom. The van der Waals surface area contributed by atoms with Gasteiger partial charge in [-0.2, -0.15) is 0 Å². The molecule has 1 aromatic heterocycles. The van der Waals surface area contributed by atoms with Crippen LogP contribution in [0.25, 0.3) is 0 Å². The second kappa shape index (κ2) is 5.51. The SMILES string of the molecule is O=C(Cc1ccc(Cl)cc1)Nc1ccc(=O)[nH]c1. The first-order valence-corrected chi connectivity index (χ1v) is 5.74. The summed E-state index contributed by atoms with van der Waals surface area (Å²) < 4.78 is 0. The third kappa shape index (κ3) is 3.46. The first-order chi connectivity index (χ1) is 8.63. The number of rotatable bonds is 3. The Bertz CT molecular complexity index is 585. The molecule has 0 spiro atoms. The molecule has 0 saturated heterocycles. The third-order valence-electron chi connectivity index (χ3n) is 2.35. The lowest BCUT2D eigenvalue weighted by molar-refractivity contribution is -0.115. The summed E-state index contributed by atoms with van der Waals surface area (Å²) in [5.41, 5.74) is 1.24. The summed E-state index contributed by atoms with van der Waals surface area (Å²) in [6.45, 7) is 0. The van der Waals surface area contributed by atoms with Crippen molar-refractivity contribution in [3.8, 4) is 0 Å². The largest absolute Gasteiger partial charge is 0.327 e. The molecule has 2 N–H and O–H groups in total. The van der Waals surface area contributed by atoms with Gasteiger partial charge in [-0.3, -0.25) is 9.59 Å². The molecule has 4 nitrogen and oxygen atoms in total. The van der Waals surface area contributed by atoms with E-state index in [4.69, 9.17) is 11.6 Å². The molecule has 0 aliphatic rings. The van der Waals surface area contributed by atoms with Gasteiger partial charge in [0.15, 0.2) is 0 Å². The number of hydrogen-bond acceptors (Lipinski definition) is 2. The zero-order valence-electron chi connectivity index (χ0n) is 9.44. The van der Waals surface area contributed by atoms with Crippen LogP contribution in [0, 0.1) is 0 Å². The number of anilines is 1. The molecule has 0 atom stereocenters. The molecular weight excluding hydrogens is 252 g/mol. The summed E-state index contributed by atoms with van der Waals surface area (Å²) in [6, 6.07) is 9.99. The Morgan fingerprint density at radius 3 is 2.50 bits per heavy atom. The van der Waals surface area contributed by atoms with Crippen molar-refractivity contribution in [2.45, 2.75) is 6.42 Å². The number of carbonyl (C=O) groups excluding carboxylic acids is 1. The zero-order chi connectivity index (χ0) is 13.0. The van der Waals surface area contributed by atoms with Gasteiger partial charge >= 0.3 is 0 Å². The van der Waals surface area contributed by atoms with E-state index in [0.717, 1.165) is 5.56 Å². The van der Waals surface area contributed by atoms with Crippen LogP contribution >= 0.6 is 11.6 Å². The number of halogens is 1. The maximum Gasteiger partial charge on any atom is 0.248 e. The number of nitrogens with one attached hydrogen (secondary N) is 2. The first-order valence-electron chi connectivity index (χ1n) is 5.36. The van der Waals surface area contributed by atoms with Crippen LogP contribution in [0.1, 0.15) is 5.56 Å². The van der Waals surface area contributed by atoms with Crippen molar-refractivity contribution in [2.75, 3.05) is 5.32 Å². The standard InChI is InChI=1S/C13H11ClN2O2/c14-10-3-1-9(2-4-10)7-13(18)16-11-5-6-12(17)15-8-11/h1-6,8H,7H2,(H,15,17)(H,16,18). The molecule has 0 bridgehead atoms. The van der Waals surface area contributed by atoms with Crippen molar-refractivity contribution in [3.05, 3.63) is 63.5 Å². The van der Waals surface area contributed by atoms with Gasteiger partial charge in [0.2, 0.25) is 11.5 Å². The maximum absolute atomic E-state index is 11.7. The summed E-state index contributed by atoms with van der Waals surface area (Å²) in [5.74, 6) is -0.149. The van der Waals surface area contributed by atoms with Crippen LogP contribution in [0.5, 0.6) is 0 Å². The van der Waals surface area contributed by atoms with Crippen LogP contribution in [0.4, 0.5) is 5.69 Å². The van der Waals surface area contributed by atoms with E-state index < -0.39 is 0 Å². The molecule has 0 aliphatic carbocycles.